The highest BCUT2D eigenvalue weighted by Crippen LogP contribution is 2.29. The van der Waals surface area contributed by atoms with E-state index in [-0.39, 0.29) is 23.9 Å². The molecule has 4 N–H and O–H groups in total. The lowest BCUT2D eigenvalue weighted by molar-refractivity contribution is -0.119. The monoisotopic (exact) mass is 540 g/mol. The van der Waals surface area contributed by atoms with Gasteiger partial charge in [0, 0.05) is 19.0 Å². The third-order valence-corrected chi connectivity index (χ3v) is 7.08. The predicted octanol–water partition coefficient (Wildman–Crippen LogP) is 2.93. The summed E-state index contributed by atoms with van der Waals surface area (Å²) in [6.45, 7) is 3.12. The second-order valence-corrected chi connectivity index (χ2v) is 10.6. The van der Waals surface area contributed by atoms with Crippen molar-refractivity contribution < 1.29 is 27.1 Å². The summed E-state index contributed by atoms with van der Waals surface area (Å²) in [7, 11) is -3.69. The zero-order valence-corrected chi connectivity index (χ0v) is 21.6. The van der Waals surface area contributed by atoms with Gasteiger partial charge < -0.3 is 15.4 Å². The van der Waals surface area contributed by atoms with Gasteiger partial charge in [-0.15, -0.1) is 0 Å². The number of primary sulfonamides is 1. The highest BCUT2D eigenvalue weighted by Gasteiger charge is 2.32. The molecule has 0 bridgehead atoms. The van der Waals surface area contributed by atoms with Gasteiger partial charge in [0.05, 0.1) is 23.7 Å². The number of hydrogen-bond donors (Lipinski definition) is 3. The number of benzene rings is 3. The molecule has 38 heavy (non-hydrogen) atoms. The van der Waals surface area contributed by atoms with E-state index >= 15 is 0 Å². The highest BCUT2D eigenvalue weighted by molar-refractivity contribution is 7.89. The largest absolute Gasteiger partial charge is 0.442 e. The van der Waals surface area contributed by atoms with Gasteiger partial charge in [0.1, 0.15) is 11.9 Å². The Kier molecular flexibility index (Phi) is 8.40. The Morgan fingerprint density at radius 3 is 2.39 bits per heavy atom. The zero-order valence-electron chi connectivity index (χ0n) is 20.8. The van der Waals surface area contributed by atoms with E-state index in [4.69, 9.17) is 9.88 Å². The maximum atomic E-state index is 15.0. The summed E-state index contributed by atoms with van der Waals surface area (Å²) < 4.78 is 42.9. The molecule has 4 rings (SSSR count). The van der Waals surface area contributed by atoms with Crippen molar-refractivity contribution in [1.82, 2.24) is 10.6 Å². The molecule has 1 aliphatic heterocycles. The van der Waals surface area contributed by atoms with Gasteiger partial charge in [0.2, 0.25) is 15.9 Å². The molecule has 0 aliphatic carbocycles. The third-order valence-electron chi connectivity index (χ3n) is 6.15. The van der Waals surface area contributed by atoms with Crippen LogP contribution in [0.3, 0.4) is 0 Å². The molecule has 0 spiro atoms. The molecule has 2 amide bonds. The smallest absolute Gasteiger partial charge is 0.414 e. The van der Waals surface area contributed by atoms with E-state index in [1.807, 2.05) is 24.3 Å². The molecular formula is C27H29FN4O5S. The molecule has 9 nitrogen and oxygen atoms in total. The van der Waals surface area contributed by atoms with Crippen LogP contribution in [0.15, 0.2) is 71.6 Å². The summed E-state index contributed by atoms with van der Waals surface area (Å²) in [6, 6.07) is 18.6. The number of nitrogens with two attached hydrogens (primary N) is 1. The van der Waals surface area contributed by atoms with Gasteiger partial charge in [0.25, 0.3) is 0 Å². The Morgan fingerprint density at radius 2 is 1.76 bits per heavy atom. The van der Waals surface area contributed by atoms with Gasteiger partial charge in [0.15, 0.2) is 0 Å². The summed E-state index contributed by atoms with van der Waals surface area (Å²) in [5, 5.41) is 11.1. The van der Waals surface area contributed by atoms with Crippen LogP contribution >= 0.6 is 0 Å². The minimum atomic E-state index is -3.69. The molecule has 1 unspecified atom stereocenters. The van der Waals surface area contributed by atoms with Crippen LogP contribution in [0.25, 0.3) is 11.1 Å². The van der Waals surface area contributed by atoms with E-state index in [0.717, 1.165) is 17.5 Å². The summed E-state index contributed by atoms with van der Waals surface area (Å²) in [5.74, 6) is -0.674. The van der Waals surface area contributed by atoms with Crippen molar-refractivity contribution in [1.29, 1.82) is 0 Å². The summed E-state index contributed by atoms with van der Waals surface area (Å²) in [5.41, 5.74) is 3.53. The number of ether oxygens (including phenoxy) is 1. The van der Waals surface area contributed by atoms with E-state index in [1.165, 1.54) is 30.0 Å². The summed E-state index contributed by atoms with van der Waals surface area (Å²) in [4.78, 5) is 24.7. The van der Waals surface area contributed by atoms with Gasteiger partial charge >= 0.3 is 6.09 Å². The second-order valence-electron chi connectivity index (χ2n) is 9.03. The Labute approximate surface area is 220 Å². The molecule has 1 atom stereocenters. The van der Waals surface area contributed by atoms with Crippen LogP contribution in [-0.2, 0) is 32.5 Å². The van der Waals surface area contributed by atoms with Crippen LogP contribution in [0.4, 0.5) is 14.9 Å². The molecule has 11 heteroatoms. The molecule has 1 aliphatic rings. The fourth-order valence-corrected chi connectivity index (χ4v) is 4.63. The average Bonchev–Trinajstić information content (AvgIpc) is 3.26. The molecule has 0 radical (unpaired) electrons. The van der Waals surface area contributed by atoms with Crippen LogP contribution in [0.1, 0.15) is 18.1 Å². The van der Waals surface area contributed by atoms with Crippen molar-refractivity contribution in [3.05, 3.63) is 83.7 Å². The van der Waals surface area contributed by atoms with Crippen LogP contribution < -0.4 is 20.7 Å². The lowest BCUT2D eigenvalue weighted by atomic mass is 10.0. The Bertz CT molecular complexity index is 1410. The minimum absolute atomic E-state index is 0.0891. The number of rotatable bonds is 10. The highest BCUT2D eigenvalue weighted by atomic mass is 32.2. The molecule has 1 fully saturated rings. The molecular weight excluding hydrogens is 511 g/mol. The average molecular weight is 541 g/mol. The minimum Gasteiger partial charge on any atom is -0.442 e. The zero-order chi connectivity index (χ0) is 27.3. The standard InChI is InChI=1S/C27H29FN4O5S/c1-18(33)31-16-23-17-32(27(34)37-23)22-8-11-25(26(28)14-22)21-6-2-20(3-7-21)15-30-13-12-19-4-9-24(10-5-19)38(29,35)36/h2-11,14,23,30H,12-13,15-17H2,1H3,(H,31,33)(H2,29,35,36). The number of sulfonamides is 1. The Balaban J connectivity index is 1.30. The first kappa shape index (κ1) is 27.2. The van der Waals surface area contributed by atoms with Crippen LogP contribution in [0.2, 0.25) is 0 Å². The molecule has 0 aromatic heterocycles. The lowest BCUT2D eigenvalue weighted by Crippen LogP contribution is -2.33. The van der Waals surface area contributed by atoms with Gasteiger partial charge in [-0.3, -0.25) is 9.69 Å². The van der Waals surface area contributed by atoms with E-state index in [9.17, 15) is 22.4 Å². The quantitative estimate of drug-likeness (QED) is 0.339. The number of hydrogen-bond acceptors (Lipinski definition) is 6. The first-order valence-electron chi connectivity index (χ1n) is 12.0. The van der Waals surface area contributed by atoms with Crippen molar-refractivity contribution in [2.24, 2.45) is 5.14 Å². The molecule has 1 saturated heterocycles. The first-order valence-corrected chi connectivity index (χ1v) is 13.6. The number of amides is 2. The van der Waals surface area contributed by atoms with E-state index in [2.05, 4.69) is 10.6 Å². The van der Waals surface area contributed by atoms with Crippen LogP contribution in [0.5, 0.6) is 0 Å². The Morgan fingerprint density at radius 1 is 1.08 bits per heavy atom. The third kappa shape index (κ3) is 6.94. The van der Waals surface area contributed by atoms with Crippen LogP contribution in [-0.4, -0.2) is 46.2 Å². The van der Waals surface area contributed by atoms with Crippen molar-refractivity contribution >= 4 is 27.7 Å². The number of halogens is 1. The molecule has 1 heterocycles. The Hall–Kier alpha value is -3.80. The van der Waals surface area contributed by atoms with Gasteiger partial charge in [-0.2, -0.15) is 0 Å². The van der Waals surface area contributed by atoms with Crippen molar-refractivity contribution in [3.8, 4) is 11.1 Å². The fraction of sp³-hybridized carbons (Fsp3) is 0.259. The normalized spacial score (nSPS) is 15.4. The maximum Gasteiger partial charge on any atom is 0.414 e. The van der Waals surface area contributed by atoms with Gasteiger partial charge in [-0.25, -0.2) is 22.7 Å². The number of cyclic esters (lactones) is 1. The maximum absolute atomic E-state index is 15.0. The topological polar surface area (TPSA) is 131 Å². The number of nitrogens with zero attached hydrogens (tertiary/aromatic N) is 1. The van der Waals surface area contributed by atoms with Crippen molar-refractivity contribution in [2.45, 2.75) is 30.9 Å². The molecule has 3 aromatic carbocycles. The SMILES string of the molecule is CC(=O)NCC1CN(c2ccc(-c3ccc(CNCCc4ccc(S(N)(=O)=O)cc4)cc3)c(F)c2)C(=O)O1. The van der Waals surface area contributed by atoms with E-state index < -0.39 is 28.0 Å². The summed E-state index contributed by atoms with van der Waals surface area (Å²) >= 11 is 0. The van der Waals surface area contributed by atoms with Gasteiger partial charge in [-0.05, 0) is 60.0 Å². The number of carbonyl (C=O) groups is 2. The lowest BCUT2D eigenvalue weighted by Gasteiger charge is -2.15. The predicted molar refractivity (Wildman–Crippen MR) is 141 cm³/mol. The molecule has 200 valence electrons. The molecule has 3 aromatic rings. The van der Waals surface area contributed by atoms with Crippen molar-refractivity contribution in [3.63, 3.8) is 0 Å². The number of carbonyl (C=O) groups excluding carboxylic acids is 2. The van der Waals surface area contributed by atoms with Crippen molar-refractivity contribution in [2.75, 3.05) is 24.5 Å². The summed E-state index contributed by atoms with van der Waals surface area (Å²) in [6.07, 6.45) is -0.352. The molecule has 0 saturated carbocycles. The van der Waals surface area contributed by atoms with E-state index in [0.29, 0.717) is 29.9 Å². The second kappa shape index (κ2) is 11.7. The first-order chi connectivity index (χ1) is 18.1. The number of nitrogens with one attached hydrogen (secondary N) is 2. The number of anilines is 1. The van der Waals surface area contributed by atoms with E-state index in [1.54, 1.807) is 24.3 Å². The van der Waals surface area contributed by atoms with Gasteiger partial charge in [-0.1, -0.05) is 36.4 Å². The van der Waals surface area contributed by atoms with Crippen LogP contribution in [0, 0.1) is 5.82 Å². The fourth-order valence-electron chi connectivity index (χ4n) is 4.12.